The van der Waals surface area contributed by atoms with Gasteiger partial charge in [-0.3, -0.25) is 4.79 Å². The maximum Gasteiger partial charge on any atom is 0.235 e. The first-order valence-electron chi connectivity index (χ1n) is 7.24. The zero-order valence-corrected chi connectivity index (χ0v) is 13.6. The first-order chi connectivity index (χ1) is 10.3. The lowest BCUT2D eigenvalue weighted by atomic mass is 10.1. The topological polar surface area (TPSA) is 62.8 Å². The summed E-state index contributed by atoms with van der Waals surface area (Å²) in [6.07, 6.45) is 0.813. The van der Waals surface area contributed by atoms with Gasteiger partial charge in [-0.2, -0.15) is 0 Å². The van der Waals surface area contributed by atoms with Crippen LogP contribution in [0.5, 0.6) is 5.75 Å². The van der Waals surface area contributed by atoms with E-state index < -0.39 is 0 Å². The van der Waals surface area contributed by atoms with Crippen molar-refractivity contribution in [3.63, 3.8) is 0 Å². The second-order valence-electron chi connectivity index (χ2n) is 4.88. The number of benzene rings is 1. The van der Waals surface area contributed by atoms with Gasteiger partial charge in [-0.15, -0.1) is 0 Å². The smallest absolute Gasteiger partial charge is 0.235 e. The van der Waals surface area contributed by atoms with Gasteiger partial charge in [-0.25, -0.2) is 10.4 Å². The molecule has 0 spiro atoms. The Labute approximate surface area is 137 Å². The van der Waals surface area contributed by atoms with Crippen molar-refractivity contribution in [3.8, 4) is 5.75 Å². The number of methoxy groups -OCH3 is 1. The Morgan fingerprint density at radius 1 is 1.27 bits per heavy atom. The summed E-state index contributed by atoms with van der Waals surface area (Å²) >= 11 is 0. The van der Waals surface area contributed by atoms with Crippen molar-refractivity contribution < 1.29 is 26.7 Å². The summed E-state index contributed by atoms with van der Waals surface area (Å²) in [5, 5.41) is 4.93. The first kappa shape index (κ1) is 18.7. The number of hydrogen-bond acceptors (Lipinski definition) is 5. The van der Waals surface area contributed by atoms with Gasteiger partial charge in [0.15, 0.2) is 0 Å². The molecule has 1 aromatic rings. The minimum atomic E-state index is 0. The van der Waals surface area contributed by atoms with Crippen LogP contribution in [-0.4, -0.2) is 57.4 Å². The first-order valence-corrected chi connectivity index (χ1v) is 7.24. The lowest BCUT2D eigenvalue weighted by Crippen LogP contribution is -3.00. The van der Waals surface area contributed by atoms with E-state index in [1.807, 2.05) is 29.3 Å². The van der Waals surface area contributed by atoms with Crippen molar-refractivity contribution in [2.45, 2.75) is 6.42 Å². The van der Waals surface area contributed by atoms with Crippen LogP contribution in [-0.2, 0) is 16.0 Å². The Kier molecular flexibility index (Phi) is 8.84. The molecule has 2 rings (SSSR count). The van der Waals surface area contributed by atoms with E-state index in [2.05, 4.69) is 10.7 Å². The zero-order chi connectivity index (χ0) is 14.9. The van der Waals surface area contributed by atoms with Gasteiger partial charge in [-0.1, -0.05) is 12.1 Å². The fourth-order valence-electron chi connectivity index (χ4n) is 2.11. The van der Waals surface area contributed by atoms with Crippen LogP contribution < -0.4 is 27.9 Å². The molecule has 0 saturated carbocycles. The van der Waals surface area contributed by atoms with E-state index in [0.717, 1.165) is 25.3 Å². The minimum absolute atomic E-state index is 0. The van der Waals surface area contributed by atoms with Crippen molar-refractivity contribution in [3.05, 3.63) is 29.8 Å². The van der Waals surface area contributed by atoms with Gasteiger partial charge < -0.3 is 27.2 Å². The molecule has 1 aliphatic rings. The molecule has 1 aromatic carbocycles. The fourth-order valence-corrected chi connectivity index (χ4v) is 2.11. The van der Waals surface area contributed by atoms with E-state index in [0.29, 0.717) is 26.3 Å². The summed E-state index contributed by atoms with van der Waals surface area (Å²) < 4.78 is 10.4. The number of ether oxygens (including phenoxy) is 2. The van der Waals surface area contributed by atoms with Crippen LogP contribution in [0.3, 0.4) is 0 Å². The zero-order valence-electron chi connectivity index (χ0n) is 12.8. The summed E-state index contributed by atoms with van der Waals surface area (Å²) in [6, 6.07) is 7.88. The van der Waals surface area contributed by atoms with Crippen molar-refractivity contribution in [1.29, 1.82) is 0 Å². The van der Waals surface area contributed by atoms with Crippen LogP contribution in [0, 0.1) is 0 Å². The summed E-state index contributed by atoms with van der Waals surface area (Å²) in [4.78, 5) is 11.7. The average molecular weight is 329 g/mol. The summed E-state index contributed by atoms with van der Waals surface area (Å²) in [7, 11) is 1.65. The Bertz CT molecular complexity index is 436. The molecule has 1 heterocycles. The largest absolute Gasteiger partial charge is 1.00 e. The molecule has 1 aliphatic heterocycles. The van der Waals surface area contributed by atoms with Gasteiger partial charge in [-0.05, 0) is 24.1 Å². The van der Waals surface area contributed by atoms with Crippen LogP contribution in [0.15, 0.2) is 24.3 Å². The van der Waals surface area contributed by atoms with E-state index >= 15 is 0 Å². The molecule has 1 amide bonds. The number of rotatable bonds is 7. The SMILES string of the molecule is COc1ccc(CCNC(=O)CNN2CCOCC2)cc1.[Cl-]. The van der Waals surface area contributed by atoms with Crippen LogP contribution >= 0.6 is 0 Å². The van der Waals surface area contributed by atoms with E-state index in [4.69, 9.17) is 9.47 Å². The van der Waals surface area contributed by atoms with E-state index in [1.54, 1.807) is 7.11 Å². The quantitative estimate of drug-likeness (QED) is 0.566. The second-order valence-corrected chi connectivity index (χ2v) is 4.88. The number of hydrogen-bond donors (Lipinski definition) is 2. The number of amides is 1. The highest BCUT2D eigenvalue weighted by Gasteiger charge is 2.10. The molecule has 7 heteroatoms. The number of carbonyl (C=O) groups excluding carboxylic acids is 1. The minimum Gasteiger partial charge on any atom is -1.00 e. The number of nitrogens with one attached hydrogen (secondary N) is 2. The molecule has 1 fully saturated rings. The molecular formula is C15H23ClN3O3-. The number of halogens is 1. The third-order valence-electron chi connectivity index (χ3n) is 3.37. The fraction of sp³-hybridized carbons (Fsp3) is 0.533. The van der Waals surface area contributed by atoms with Gasteiger partial charge in [0.2, 0.25) is 5.91 Å². The molecule has 124 valence electrons. The Morgan fingerprint density at radius 2 is 1.95 bits per heavy atom. The number of nitrogens with zero attached hydrogens (tertiary/aromatic N) is 1. The third kappa shape index (κ3) is 6.62. The third-order valence-corrected chi connectivity index (χ3v) is 3.37. The highest BCUT2D eigenvalue weighted by atomic mass is 35.5. The van der Waals surface area contributed by atoms with Gasteiger partial charge in [0.05, 0.1) is 26.9 Å². The maximum absolute atomic E-state index is 11.7. The number of hydrazine groups is 1. The van der Waals surface area contributed by atoms with E-state index in [9.17, 15) is 4.79 Å². The number of morpholine rings is 1. The van der Waals surface area contributed by atoms with Crippen LogP contribution in [0.1, 0.15) is 5.56 Å². The van der Waals surface area contributed by atoms with E-state index in [-0.39, 0.29) is 18.3 Å². The molecule has 0 atom stereocenters. The lowest BCUT2D eigenvalue weighted by molar-refractivity contribution is -0.121. The van der Waals surface area contributed by atoms with Crippen molar-refractivity contribution in [1.82, 2.24) is 15.8 Å². The molecule has 0 aliphatic carbocycles. The van der Waals surface area contributed by atoms with Crippen LogP contribution in [0.2, 0.25) is 0 Å². The van der Waals surface area contributed by atoms with Gasteiger partial charge in [0.25, 0.3) is 0 Å². The van der Waals surface area contributed by atoms with Crippen LogP contribution in [0.25, 0.3) is 0 Å². The summed E-state index contributed by atoms with van der Waals surface area (Å²) in [5.74, 6) is 0.854. The number of carbonyl (C=O) groups is 1. The molecule has 6 nitrogen and oxygen atoms in total. The average Bonchev–Trinajstić information content (AvgIpc) is 2.54. The summed E-state index contributed by atoms with van der Waals surface area (Å²) in [5.41, 5.74) is 4.29. The van der Waals surface area contributed by atoms with Gasteiger partial charge in [0.1, 0.15) is 5.75 Å². The van der Waals surface area contributed by atoms with Gasteiger partial charge in [0, 0.05) is 19.6 Å². The van der Waals surface area contributed by atoms with Crippen molar-refractivity contribution >= 4 is 5.91 Å². The molecule has 0 unspecified atom stereocenters. The predicted octanol–water partition coefficient (Wildman–Crippen LogP) is -2.81. The normalized spacial score (nSPS) is 15.0. The van der Waals surface area contributed by atoms with E-state index in [1.165, 1.54) is 5.56 Å². The Balaban J connectivity index is 0.00000242. The Morgan fingerprint density at radius 3 is 2.59 bits per heavy atom. The second kappa shape index (κ2) is 10.4. The highest BCUT2D eigenvalue weighted by molar-refractivity contribution is 5.77. The molecule has 2 N–H and O–H groups in total. The molecule has 0 radical (unpaired) electrons. The Hall–Kier alpha value is -1.34. The molecule has 1 saturated heterocycles. The summed E-state index contributed by atoms with van der Waals surface area (Å²) in [6.45, 7) is 4.01. The molecular weight excluding hydrogens is 306 g/mol. The highest BCUT2D eigenvalue weighted by Crippen LogP contribution is 2.11. The van der Waals surface area contributed by atoms with Gasteiger partial charge >= 0.3 is 0 Å². The van der Waals surface area contributed by atoms with Crippen molar-refractivity contribution in [2.75, 3.05) is 46.5 Å². The standard InChI is InChI=1S/C15H23N3O3.ClH/c1-20-14-4-2-13(3-5-14)6-7-16-15(19)12-17-18-8-10-21-11-9-18;/h2-5,17H,6-12H2,1H3,(H,16,19);1H/p-1. The van der Waals surface area contributed by atoms with Crippen LogP contribution in [0.4, 0.5) is 0 Å². The monoisotopic (exact) mass is 328 g/mol. The maximum atomic E-state index is 11.7. The lowest BCUT2D eigenvalue weighted by Gasteiger charge is -2.26. The molecule has 0 bridgehead atoms. The molecule has 22 heavy (non-hydrogen) atoms. The molecule has 0 aromatic heterocycles. The van der Waals surface area contributed by atoms with Crippen molar-refractivity contribution in [2.24, 2.45) is 0 Å². The predicted molar refractivity (Wildman–Crippen MR) is 80.1 cm³/mol.